The van der Waals surface area contributed by atoms with Gasteiger partial charge in [-0.15, -0.1) is 0 Å². The SMILES string of the molecule is COC1CCN(c2nccc(N(c3cc4c(cn3)c(C(N)=O)cn4C(C)C)C3CCN(CCCCC4CCN(c5ccc6c(c5)C(=O)N(C5CCC(=O)NC5=O)C6=O)CC4)CC3)n2)CC1F. The van der Waals surface area contributed by atoms with Crippen LogP contribution in [0.25, 0.3) is 10.9 Å². The van der Waals surface area contributed by atoms with Crippen molar-refractivity contribution in [2.45, 2.75) is 108 Å². The zero-order valence-electron chi connectivity index (χ0n) is 38.0. The van der Waals surface area contributed by atoms with Crippen LogP contribution < -0.4 is 25.8 Å². The molecule has 5 amide bonds. The number of halogens is 1. The number of unbranched alkanes of at least 4 members (excludes halogenated alkanes) is 1. The molecule has 3 unspecified atom stereocenters. The number of imide groups is 2. The number of fused-ring (bicyclic) bond motifs is 2. The van der Waals surface area contributed by atoms with Crippen LogP contribution in [-0.2, 0) is 14.3 Å². The normalized spacial score (nSPS) is 22.4. The number of alkyl halides is 1. The summed E-state index contributed by atoms with van der Waals surface area (Å²) >= 11 is 0. The number of benzene rings is 1. The monoisotopic (exact) mass is 905 g/mol. The molecule has 5 aliphatic rings. The number of nitrogens with zero attached hydrogens (tertiary/aromatic N) is 9. The van der Waals surface area contributed by atoms with Gasteiger partial charge in [0.2, 0.25) is 17.8 Å². The molecule has 5 aliphatic heterocycles. The second-order valence-electron chi connectivity index (χ2n) is 18.8. The summed E-state index contributed by atoms with van der Waals surface area (Å²) in [5, 5.41) is 2.96. The summed E-state index contributed by atoms with van der Waals surface area (Å²) in [6, 6.07) is 8.47. The van der Waals surface area contributed by atoms with Crippen molar-refractivity contribution >= 4 is 63.7 Å². The molecule has 4 saturated heterocycles. The summed E-state index contributed by atoms with van der Waals surface area (Å²) < 4.78 is 22.4. The molecule has 0 saturated carbocycles. The summed E-state index contributed by atoms with van der Waals surface area (Å²) in [5.41, 5.74) is 8.60. The molecule has 3 N–H and O–H groups in total. The molecule has 8 heterocycles. The molecule has 3 aromatic heterocycles. The predicted molar refractivity (Wildman–Crippen MR) is 247 cm³/mol. The smallest absolute Gasteiger partial charge is 0.262 e. The van der Waals surface area contributed by atoms with Gasteiger partial charge in [-0.1, -0.05) is 12.8 Å². The fraction of sp³-hybridized carbons (Fsp3) is 0.542. The van der Waals surface area contributed by atoms with Crippen LogP contribution in [0, 0.1) is 5.92 Å². The van der Waals surface area contributed by atoms with E-state index in [9.17, 15) is 24.0 Å². The Hall–Kier alpha value is -6.01. The fourth-order valence-electron chi connectivity index (χ4n) is 10.6. The Balaban J connectivity index is 0.801. The lowest BCUT2D eigenvalue weighted by molar-refractivity contribution is -0.136. The first-order valence-corrected chi connectivity index (χ1v) is 23.6. The minimum Gasteiger partial charge on any atom is -0.378 e. The van der Waals surface area contributed by atoms with E-state index in [2.05, 4.69) is 43.4 Å². The van der Waals surface area contributed by atoms with Crippen molar-refractivity contribution in [2.75, 3.05) is 67.6 Å². The highest BCUT2D eigenvalue weighted by Gasteiger charge is 2.45. The van der Waals surface area contributed by atoms with Gasteiger partial charge in [0, 0.05) is 94.1 Å². The highest BCUT2D eigenvalue weighted by atomic mass is 19.1. The standard InChI is InChI=1S/C48H60FN11O6/c1-29(2)58-27-36(44(50)62)35-26-52-42(25-39(35)58)59(41-11-17-51-48(53-41)57-23-16-40(66-3)37(49)28-57)31-14-19-55(20-15-31)18-5-4-6-30-12-21-56(22-13-30)32-7-8-33-34(24-32)47(65)60(46(33)64)38-9-10-43(61)54-45(38)63/h7-8,11,17,24-27,29-31,37-38,40H,4-6,9-10,12-16,18-23,28H2,1-3H3,(H2,50,62)(H,54,61,63). The molecule has 350 valence electrons. The van der Waals surface area contributed by atoms with Crippen LogP contribution in [-0.4, -0.2) is 136 Å². The van der Waals surface area contributed by atoms with Crippen LogP contribution in [0.2, 0.25) is 0 Å². The molecule has 17 nitrogen and oxygen atoms in total. The average molecular weight is 906 g/mol. The number of nitrogens with one attached hydrogen (secondary N) is 1. The first-order valence-electron chi connectivity index (χ1n) is 23.6. The van der Waals surface area contributed by atoms with Crippen LogP contribution in [0.1, 0.15) is 115 Å². The molecular formula is C48H60FN11O6. The topological polar surface area (TPSA) is 192 Å². The summed E-state index contributed by atoms with van der Waals surface area (Å²) in [7, 11) is 1.55. The van der Waals surface area contributed by atoms with E-state index < -0.39 is 47.9 Å². The van der Waals surface area contributed by atoms with Crippen LogP contribution in [0.4, 0.5) is 27.7 Å². The number of rotatable bonds is 14. The van der Waals surface area contributed by atoms with E-state index in [0.717, 1.165) is 93.8 Å². The lowest BCUT2D eigenvalue weighted by atomic mass is 9.91. The number of pyridine rings is 1. The molecule has 18 heteroatoms. The van der Waals surface area contributed by atoms with Crippen molar-refractivity contribution in [2.24, 2.45) is 11.7 Å². The number of carbonyl (C=O) groups is 5. The van der Waals surface area contributed by atoms with Gasteiger partial charge in [-0.25, -0.2) is 14.4 Å². The zero-order valence-corrected chi connectivity index (χ0v) is 38.0. The molecule has 0 spiro atoms. The molecular weight excluding hydrogens is 846 g/mol. The molecule has 0 aliphatic carbocycles. The third-order valence-corrected chi connectivity index (χ3v) is 14.4. The van der Waals surface area contributed by atoms with Crippen LogP contribution in [0.3, 0.4) is 0 Å². The van der Waals surface area contributed by atoms with Gasteiger partial charge in [-0.05, 0) is 95.5 Å². The number of hydrogen-bond acceptors (Lipinski definition) is 13. The molecule has 0 bridgehead atoms. The van der Waals surface area contributed by atoms with E-state index in [1.807, 2.05) is 23.1 Å². The van der Waals surface area contributed by atoms with Crippen molar-refractivity contribution in [1.29, 1.82) is 0 Å². The Bertz CT molecular complexity index is 2500. The van der Waals surface area contributed by atoms with Gasteiger partial charge >= 0.3 is 0 Å². The van der Waals surface area contributed by atoms with Crippen LogP contribution >= 0.6 is 0 Å². The van der Waals surface area contributed by atoms with E-state index in [-0.39, 0.29) is 31.5 Å². The van der Waals surface area contributed by atoms with Crippen molar-refractivity contribution in [3.05, 3.63) is 65.6 Å². The average Bonchev–Trinajstić information content (AvgIpc) is 3.82. The number of anilines is 4. The van der Waals surface area contributed by atoms with Crippen molar-refractivity contribution in [3.63, 3.8) is 0 Å². The molecule has 0 radical (unpaired) electrons. The van der Waals surface area contributed by atoms with Gasteiger partial charge in [0.1, 0.15) is 23.8 Å². The Morgan fingerprint density at radius 3 is 2.38 bits per heavy atom. The minimum atomic E-state index is -1.15. The Morgan fingerprint density at radius 1 is 0.909 bits per heavy atom. The quantitative estimate of drug-likeness (QED) is 0.125. The first kappa shape index (κ1) is 45.2. The van der Waals surface area contributed by atoms with E-state index in [0.29, 0.717) is 58.5 Å². The fourth-order valence-corrected chi connectivity index (χ4v) is 10.6. The number of methoxy groups -OCH3 is 1. The van der Waals surface area contributed by atoms with Crippen LogP contribution in [0.15, 0.2) is 48.9 Å². The molecule has 9 rings (SSSR count). The number of carbonyl (C=O) groups excluding carboxylic acids is 5. The number of hydrogen-bond donors (Lipinski definition) is 2. The maximum atomic E-state index is 15.0. The van der Waals surface area contributed by atoms with E-state index in [1.165, 1.54) is 0 Å². The Morgan fingerprint density at radius 2 is 1.67 bits per heavy atom. The number of primary amides is 1. The van der Waals surface area contributed by atoms with Crippen molar-refractivity contribution in [1.82, 2.24) is 34.6 Å². The van der Waals surface area contributed by atoms with E-state index in [4.69, 9.17) is 20.4 Å². The number of ether oxygens (including phenoxy) is 1. The molecule has 4 fully saturated rings. The number of piperidine rings is 4. The lowest BCUT2D eigenvalue weighted by Gasteiger charge is -2.39. The maximum Gasteiger partial charge on any atom is 0.262 e. The van der Waals surface area contributed by atoms with Gasteiger partial charge in [0.25, 0.3) is 17.7 Å². The first-order chi connectivity index (χ1) is 31.9. The second kappa shape index (κ2) is 19.1. The second-order valence-corrected chi connectivity index (χ2v) is 18.8. The lowest BCUT2D eigenvalue weighted by Crippen LogP contribution is -2.54. The summed E-state index contributed by atoms with van der Waals surface area (Å²) in [4.78, 5) is 87.6. The van der Waals surface area contributed by atoms with E-state index >= 15 is 4.39 Å². The van der Waals surface area contributed by atoms with Gasteiger partial charge < -0.3 is 34.6 Å². The Labute approximate surface area is 383 Å². The number of nitrogens with two attached hydrogens (primary N) is 1. The molecule has 66 heavy (non-hydrogen) atoms. The maximum absolute atomic E-state index is 15.0. The highest BCUT2D eigenvalue weighted by Crippen LogP contribution is 2.36. The van der Waals surface area contributed by atoms with Crippen molar-refractivity contribution in [3.8, 4) is 0 Å². The molecule has 4 aromatic rings. The summed E-state index contributed by atoms with van der Waals surface area (Å²) in [5.74, 6) is 0.0144. The number of amides is 5. The molecule has 1 aromatic carbocycles. The zero-order chi connectivity index (χ0) is 46.2. The van der Waals surface area contributed by atoms with Gasteiger partial charge in [0.15, 0.2) is 0 Å². The predicted octanol–water partition coefficient (Wildman–Crippen LogP) is 5.16. The highest BCUT2D eigenvalue weighted by molar-refractivity contribution is 6.23. The number of aromatic nitrogens is 4. The van der Waals surface area contributed by atoms with Crippen molar-refractivity contribution < 1.29 is 33.1 Å². The summed E-state index contributed by atoms with van der Waals surface area (Å²) in [6.45, 7) is 9.45. The largest absolute Gasteiger partial charge is 0.378 e. The number of likely N-dealkylation sites (tertiary alicyclic amines) is 1. The third-order valence-electron chi connectivity index (χ3n) is 14.4. The Kier molecular flexibility index (Phi) is 13.0. The van der Waals surface area contributed by atoms with Crippen LogP contribution in [0.5, 0.6) is 0 Å². The van der Waals surface area contributed by atoms with Gasteiger partial charge in [-0.2, -0.15) is 4.98 Å². The van der Waals surface area contributed by atoms with Gasteiger partial charge in [0.05, 0.1) is 34.9 Å². The minimum absolute atomic E-state index is 0.0789. The van der Waals surface area contributed by atoms with Gasteiger partial charge in [-0.3, -0.25) is 34.2 Å². The molecule has 3 atom stereocenters. The third kappa shape index (κ3) is 8.96. The van der Waals surface area contributed by atoms with E-state index in [1.54, 1.807) is 37.8 Å². The summed E-state index contributed by atoms with van der Waals surface area (Å²) in [6.07, 6.45) is 11.7.